The van der Waals surface area contributed by atoms with Crippen molar-refractivity contribution in [1.82, 2.24) is 14.7 Å². The van der Waals surface area contributed by atoms with Crippen LogP contribution in [0.15, 0.2) is 60.1 Å². The maximum absolute atomic E-state index is 13.3. The predicted molar refractivity (Wildman–Crippen MR) is 131 cm³/mol. The molecule has 1 unspecified atom stereocenters. The molecule has 5 rings (SSSR count). The fourth-order valence-electron chi connectivity index (χ4n) is 4.50. The maximum Gasteiger partial charge on any atom is 0.224 e. The van der Waals surface area contributed by atoms with E-state index in [1.165, 1.54) is 16.0 Å². The SMILES string of the molecule is Cc1ccc(C2c3ccsc3CCN2C(=O)CCC(=O)Nc2ccc3cnn(C)c3c2)cc1. The summed E-state index contributed by atoms with van der Waals surface area (Å²) in [6, 6.07) is 16.1. The van der Waals surface area contributed by atoms with Crippen molar-refractivity contribution in [3.05, 3.63) is 81.7 Å². The summed E-state index contributed by atoms with van der Waals surface area (Å²) in [6.45, 7) is 2.73. The van der Waals surface area contributed by atoms with Crippen molar-refractivity contribution in [3.63, 3.8) is 0 Å². The quantitative estimate of drug-likeness (QED) is 0.466. The second kappa shape index (κ2) is 8.83. The van der Waals surface area contributed by atoms with Crippen molar-refractivity contribution in [1.29, 1.82) is 0 Å². The highest BCUT2D eigenvalue weighted by Crippen LogP contribution is 2.38. The van der Waals surface area contributed by atoms with Crippen molar-refractivity contribution in [2.75, 3.05) is 11.9 Å². The molecule has 4 aromatic rings. The summed E-state index contributed by atoms with van der Waals surface area (Å²) in [5, 5.41) is 10.3. The van der Waals surface area contributed by atoms with Crippen molar-refractivity contribution in [2.24, 2.45) is 7.05 Å². The number of rotatable bonds is 5. The molecule has 168 valence electrons. The first-order valence-corrected chi connectivity index (χ1v) is 12.0. The summed E-state index contributed by atoms with van der Waals surface area (Å²) >= 11 is 1.75. The summed E-state index contributed by atoms with van der Waals surface area (Å²) in [6.07, 6.45) is 2.98. The van der Waals surface area contributed by atoms with Gasteiger partial charge in [0.15, 0.2) is 0 Å². The summed E-state index contributed by atoms with van der Waals surface area (Å²) < 4.78 is 1.77. The molecule has 0 fully saturated rings. The first-order chi connectivity index (χ1) is 16.0. The zero-order valence-electron chi connectivity index (χ0n) is 18.7. The van der Waals surface area contributed by atoms with Crippen LogP contribution in [0.3, 0.4) is 0 Å². The lowest BCUT2D eigenvalue weighted by molar-refractivity contribution is -0.134. The Morgan fingerprint density at radius 3 is 2.76 bits per heavy atom. The van der Waals surface area contributed by atoms with Gasteiger partial charge < -0.3 is 10.2 Å². The molecule has 0 spiro atoms. The summed E-state index contributed by atoms with van der Waals surface area (Å²) in [5.74, 6) is -0.153. The molecule has 3 heterocycles. The highest BCUT2D eigenvalue weighted by Gasteiger charge is 2.32. The standard InChI is InChI=1S/C26H26N4O2S/c1-17-3-5-18(6-4-17)26-21-12-14-33-23(21)11-13-30(26)25(32)10-9-24(31)28-20-8-7-19-16-27-29(2)22(19)15-20/h3-8,12,14-16,26H,9-11,13H2,1-2H3,(H,28,31). The minimum atomic E-state index is -0.162. The molecule has 6 nitrogen and oxygen atoms in total. The van der Waals surface area contributed by atoms with E-state index in [1.807, 2.05) is 30.1 Å². The average molecular weight is 459 g/mol. The Bertz CT molecular complexity index is 1320. The third-order valence-corrected chi connectivity index (χ3v) is 7.27. The van der Waals surface area contributed by atoms with Crippen LogP contribution < -0.4 is 5.32 Å². The van der Waals surface area contributed by atoms with Crippen LogP contribution in [-0.2, 0) is 23.1 Å². The van der Waals surface area contributed by atoms with Crippen LogP contribution in [0.1, 0.15) is 40.5 Å². The molecule has 0 saturated heterocycles. The number of hydrogen-bond acceptors (Lipinski definition) is 4. The number of anilines is 1. The molecule has 2 amide bonds. The third kappa shape index (κ3) is 4.28. The second-order valence-corrected chi connectivity index (χ2v) is 9.54. The van der Waals surface area contributed by atoms with Crippen LogP contribution in [0.5, 0.6) is 0 Å². The van der Waals surface area contributed by atoms with Gasteiger partial charge in [-0.2, -0.15) is 5.10 Å². The smallest absolute Gasteiger partial charge is 0.224 e. The summed E-state index contributed by atoms with van der Waals surface area (Å²) in [5.41, 5.74) is 5.17. The molecule has 1 N–H and O–H groups in total. The maximum atomic E-state index is 13.3. The van der Waals surface area contributed by atoms with Crippen LogP contribution in [0.4, 0.5) is 5.69 Å². The molecule has 33 heavy (non-hydrogen) atoms. The van der Waals surface area contributed by atoms with Crippen LogP contribution in [0.25, 0.3) is 10.9 Å². The number of amides is 2. The van der Waals surface area contributed by atoms with E-state index < -0.39 is 0 Å². The number of fused-ring (bicyclic) bond motifs is 2. The number of nitrogens with zero attached hydrogens (tertiary/aromatic N) is 3. The van der Waals surface area contributed by atoms with Gasteiger partial charge in [0.1, 0.15) is 0 Å². The Balaban J connectivity index is 1.28. The number of carbonyl (C=O) groups is 2. The Labute approximate surface area is 196 Å². The van der Waals surface area contributed by atoms with Crippen molar-refractivity contribution in [3.8, 4) is 0 Å². The largest absolute Gasteiger partial charge is 0.331 e. The lowest BCUT2D eigenvalue weighted by Gasteiger charge is -2.36. The average Bonchev–Trinajstić information content (AvgIpc) is 3.44. The van der Waals surface area contributed by atoms with Crippen LogP contribution in [0, 0.1) is 6.92 Å². The number of carbonyl (C=O) groups excluding carboxylic acids is 2. The minimum Gasteiger partial charge on any atom is -0.331 e. The van der Waals surface area contributed by atoms with E-state index in [0.29, 0.717) is 12.2 Å². The molecule has 2 aromatic heterocycles. The Morgan fingerprint density at radius 2 is 1.94 bits per heavy atom. The number of hydrogen-bond donors (Lipinski definition) is 1. The van der Waals surface area contributed by atoms with E-state index in [9.17, 15) is 9.59 Å². The first kappa shape index (κ1) is 21.4. The van der Waals surface area contributed by atoms with Gasteiger partial charge >= 0.3 is 0 Å². The van der Waals surface area contributed by atoms with Crippen molar-refractivity contribution < 1.29 is 9.59 Å². The number of thiophene rings is 1. The Kier molecular flexibility index (Phi) is 5.72. The van der Waals surface area contributed by atoms with Gasteiger partial charge in [0, 0.05) is 42.4 Å². The Hall–Kier alpha value is -3.45. The van der Waals surface area contributed by atoms with E-state index in [2.05, 4.69) is 53.1 Å². The van der Waals surface area contributed by atoms with Crippen LogP contribution >= 0.6 is 11.3 Å². The molecular weight excluding hydrogens is 432 g/mol. The van der Waals surface area contributed by atoms with Gasteiger partial charge in [-0.1, -0.05) is 29.8 Å². The van der Waals surface area contributed by atoms with Gasteiger partial charge in [-0.05, 0) is 54.1 Å². The highest BCUT2D eigenvalue weighted by molar-refractivity contribution is 7.10. The molecule has 1 atom stereocenters. The van der Waals surface area contributed by atoms with E-state index >= 15 is 0 Å². The molecule has 1 aliphatic rings. The normalized spacial score (nSPS) is 15.5. The molecule has 0 saturated carbocycles. The number of aryl methyl sites for hydroxylation is 2. The Morgan fingerprint density at radius 1 is 1.12 bits per heavy atom. The molecule has 7 heteroatoms. The lowest BCUT2D eigenvalue weighted by Crippen LogP contribution is -2.40. The number of aromatic nitrogens is 2. The van der Waals surface area contributed by atoms with Gasteiger partial charge in [0.05, 0.1) is 17.8 Å². The van der Waals surface area contributed by atoms with Crippen LogP contribution in [-0.4, -0.2) is 33.0 Å². The van der Waals surface area contributed by atoms with E-state index in [-0.39, 0.29) is 30.7 Å². The fourth-order valence-corrected chi connectivity index (χ4v) is 5.41. The summed E-state index contributed by atoms with van der Waals surface area (Å²) in [4.78, 5) is 29.1. The van der Waals surface area contributed by atoms with Gasteiger partial charge in [0.25, 0.3) is 0 Å². The fraction of sp³-hybridized carbons (Fsp3) is 0.269. The molecule has 0 radical (unpaired) electrons. The van der Waals surface area contributed by atoms with E-state index in [1.54, 1.807) is 22.2 Å². The van der Waals surface area contributed by atoms with E-state index in [4.69, 9.17) is 0 Å². The monoisotopic (exact) mass is 458 g/mol. The number of nitrogens with one attached hydrogen (secondary N) is 1. The lowest BCUT2D eigenvalue weighted by atomic mass is 9.92. The topological polar surface area (TPSA) is 67.2 Å². The third-order valence-electron chi connectivity index (χ3n) is 6.28. The molecule has 0 bridgehead atoms. The van der Waals surface area contributed by atoms with E-state index in [0.717, 1.165) is 22.9 Å². The van der Waals surface area contributed by atoms with Crippen LogP contribution in [0.2, 0.25) is 0 Å². The molecule has 2 aromatic carbocycles. The minimum absolute atomic E-state index is 0.00895. The predicted octanol–water partition coefficient (Wildman–Crippen LogP) is 4.84. The van der Waals surface area contributed by atoms with Gasteiger partial charge in [-0.3, -0.25) is 14.3 Å². The van der Waals surface area contributed by atoms with Crippen molar-refractivity contribution >= 4 is 39.7 Å². The van der Waals surface area contributed by atoms with Gasteiger partial charge in [-0.15, -0.1) is 11.3 Å². The van der Waals surface area contributed by atoms with Gasteiger partial charge in [0.2, 0.25) is 11.8 Å². The molecule has 0 aliphatic carbocycles. The highest BCUT2D eigenvalue weighted by atomic mass is 32.1. The zero-order chi connectivity index (χ0) is 22.9. The zero-order valence-corrected chi connectivity index (χ0v) is 19.6. The molecular formula is C26H26N4O2S. The molecule has 1 aliphatic heterocycles. The van der Waals surface area contributed by atoms with Crippen molar-refractivity contribution in [2.45, 2.75) is 32.2 Å². The second-order valence-electron chi connectivity index (χ2n) is 8.54. The van der Waals surface area contributed by atoms with Gasteiger partial charge in [-0.25, -0.2) is 0 Å². The number of benzene rings is 2. The first-order valence-electron chi connectivity index (χ1n) is 11.1. The summed E-state index contributed by atoms with van der Waals surface area (Å²) in [7, 11) is 1.87.